The molecule has 0 aromatic rings. The van der Waals surface area contributed by atoms with E-state index in [1.807, 2.05) is 0 Å². The molecular weight excluding hydrogens is 140 g/mol. The van der Waals surface area contributed by atoms with Crippen molar-refractivity contribution in [3.8, 4) is 0 Å². The molecular formula is C9H18O2. The van der Waals surface area contributed by atoms with E-state index in [9.17, 15) is 0 Å². The zero-order valence-corrected chi connectivity index (χ0v) is 7.72. The lowest BCUT2D eigenvalue weighted by molar-refractivity contribution is -0.0238. The minimum absolute atomic E-state index is 0.267. The lowest BCUT2D eigenvalue weighted by Crippen LogP contribution is -2.32. The van der Waals surface area contributed by atoms with Crippen molar-refractivity contribution in [1.29, 1.82) is 0 Å². The fourth-order valence-corrected chi connectivity index (χ4v) is 2.10. The van der Waals surface area contributed by atoms with Crippen LogP contribution < -0.4 is 0 Å². The molecule has 1 aliphatic rings. The molecule has 2 atom stereocenters. The maximum atomic E-state index is 5.40. The van der Waals surface area contributed by atoms with Crippen LogP contribution in [0.15, 0.2) is 0 Å². The molecule has 11 heavy (non-hydrogen) atoms. The van der Waals surface area contributed by atoms with Crippen LogP contribution in [-0.4, -0.2) is 26.9 Å². The quantitative estimate of drug-likeness (QED) is 0.624. The van der Waals surface area contributed by atoms with E-state index in [0.717, 1.165) is 6.61 Å². The van der Waals surface area contributed by atoms with Crippen molar-refractivity contribution < 1.29 is 9.47 Å². The van der Waals surface area contributed by atoms with Gasteiger partial charge in [-0.05, 0) is 12.8 Å². The molecule has 0 radical (unpaired) electrons. The highest BCUT2D eigenvalue weighted by atomic mass is 16.5. The van der Waals surface area contributed by atoms with Gasteiger partial charge in [-0.25, -0.2) is 0 Å². The Kier molecular flexibility index (Phi) is 2.90. The second-order valence-electron chi connectivity index (χ2n) is 3.70. The fourth-order valence-electron chi connectivity index (χ4n) is 2.10. The Labute approximate surface area is 68.9 Å². The molecule has 0 saturated heterocycles. The van der Waals surface area contributed by atoms with E-state index in [2.05, 4.69) is 6.92 Å². The molecule has 0 aliphatic heterocycles. The van der Waals surface area contributed by atoms with Gasteiger partial charge in [-0.1, -0.05) is 13.3 Å². The van der Waals surface area contributed by atoms with Crippen LogP contribution in [0.3, 0.4) is 0 Å². The molecule has 2 heteroatoms. The number of hydrogen-bond acceptors (Lipinski definition) is 2. The van der Waals surface area contributed by atoms with Gasteiger partial charge in [-0.3, -0.25) is 0 Å². The molecule has 66 valence electrons. The normalized spacial score (nSPS) is 37.9. The molecule has 1 saturated carbocycles. The third-order valence-corrected chi connectivity index (χ3v) is 2.75. The Hall–Kier alpha value is -0.0800. The van der Waals surface area contributed by atoms with Crippen LogP contribution in [0.4, 0.5) is 0 Å². The first-order valence-electron chi connectivity index (χ1n) is 4.24. The molecule has 0 amide bonds. The third kappa shape index (κ3) is 1.74. The van der Waals surface area contributed by atoms with E-state index in [-0.39, 0.29) is 5.41 Å². The van der Waals surface area contributed by atoms with Crippen molar-refractivity contribution in [2.75, 3.05) is 20.8 Å². The molecule has 0 N–H and O–H groups in total. The summed E-state index contributed by atoms with van der Waals surface area (Å²) >= 11 is 0. The van der Waals surface area contributed by atoms with Crippen molar-refractivity contribution >= 4 is 0 Å². The molecule has 0 aromatic heterocycles. The first-order valence-corrected chi connectivity index (χ1v) is 4.24. The smallest absolute Gasteiger partial charge is 0.0646 e. The molecule has 0 spiro atoms. The first-order chi connectivity index (χ1) is 5.23. The lowest BCUT2D eigenvalue weighted by Gasteiger charge is -2.29. The Morgan fingerprint density at radius 1 is 1.45 bits per heavy atom. The van der Waals surface area contributed by atoms with Gasteiger partial charge in [0.15, 0.2) is 0 Å². The van der Waals surface area contributed by atoms with Crippen molar-refractivity contribution in [2.24, 2.45) is 5.41 Å². The molecule has 1 fully saturated rings. The van der Waals surface area contributed by atoms with Gasteiger partial charge in [0.25, 0.3) is 0 Å². The molecule has 0 bridgehead atoms. The second-order valence-corrected chi connectivity index (χ2v) is 3.70. The summed E-state index contributed by atoms with van der Waals surface area (Å²) in [6.07, 6.45) is 4.11. The lowest BCUT2D eigenvalue weighted by atomic mass is 9.87. The van der Waals surface area contributed by atoms with Crippen LogP contribution in [0.5, 0.6) is 0 Å². The number of ether oxygens (including phenoxy) is 2. The monoisotopic (exact) mass is 158 g/mol. The summed E-state index contributed by atoms with van der Waals surface area (Å²) in [4.78, 5) is 0. The summed E-state index contributed by atoms with van der Waals surface area (Å²) in [6, 6.07) is 0. The highest BCUT2D eigenvalue weighted by Gasteiger charge is 2.38. The molecule has 1 rings (SSSR count). The zero-order chi connectivity index (χ0) is 8.32. The summed E-state index contributed by atoms with van der Waals surface area (Å²) in [5.74, 6) is 0. The maximum Gasteiger partial charge on any atom is 0.0646 e. The third-order valence-electron chi connectivity index (χ3n) is 2.75. The van der Waals surface area contributed by atoms with Crippen LogP contribution in [-0.2, 0) is 9.47 Å². The summed E-state index contributed by atoms with van der Waals surface area (Å²) in [5, 5.41) is 0. The minimum atomic E-state index is 0.267. The summed E-state index contributed by atoms with van der Waals surface area (Å²) in [7, 11) is 3.56. The highest BCUT2D eigenvalue weighted by molar-refractivity contribution is 4.89. The van der Waals surface area contributed by atoms with E-state index in [4.69, 9.17) is 9.47 Å². The number of hydrogen-bond donors (Lipinski definition) is 0. The second kappa shape index (κ2) is 3.55. The molecule has 1 aliphatic carbocycles. The van der Waals surface area contributed by atoms with Gasteiger partial charge < -0.3 is 9.47 Å². The number of rotatable bonds is 3. The predicted molar refractivity (Wildman–Crippen MR) is 44.6 cm³/mol. The van der Waals surface area contributed by atoms with Crippen LogP contribution >= 0.6 is 0 Å². The average molecular weight is 158 g/mol. The largest absolute Gasteiger partial charge is 0.384 e. The topological polar surface area (TPSA) is 18.5 Å². The van der Waals surface area contributed by atoms with Crippen LogP contribution in [0.2, 0.25) is 0 Å². The zero-order valence-electron chi connectivity index (χ0n) is 7.72. The average Bonchev–Trinajstić information content (AvgIpc) is 2.31. The first kappa shape index (κ1) is 9.01. The SMILES string of the molecule is COCC1(C)CCCC1OC. The van der Waals surface area contributed by atoms with E-state index in [0.29, 0.717) is 6.10 Å². The molecule has 0 heterocycles. The maximum absolute atomic E-state index is 5.40. The van der Waals surface area contributed by atoms with Crippen molar-refractivity contribution in [1.82, 2.24) is 0 Å². The van der Waals surface area contributed by atoms with Gasteiger partial charge in [0.05, 0.1) is 12.7 Å². The van der Waals surface area contributed by atoms with E-state index in [1.165, 1.54) is 19.3 Å². The van der Waals surface area contributed by atoms with Crippen molar-refractivity contribution in [3.63, 3.8) is 0 Å². The summed E-state index contributed by atoms with van der Waals surface area (Å²) < 4.78 is 10.6. The number of methoxy groups -OCH3 is 2. The molecule has 2 nitrogen and oxygen atoms in total. The van der Waals surface area contributed by atoms with E-state index < -0.39 is 0 Å². The van der Waals surface area contributed by atoms with Crippen molar-refractivity contribution in [2.45, 2.75) is 32.3 Å². The molecule has 2 unspecified atom stereocenters. The van der Waals surface area contributed by atoms with Crippen LogP contribution in [0.25, 0.3) is 0 Å². The van der Waals surface area contributed by atoms with Gasteiger partial charge >= 0.3 is 0 Å². The van der Waals surface area contributed by atoms with Gasteiger partial charge in [-0.15, -0.1) is 0 Å². The Morgan fingerprint density at radius 2 is 2.18 bits per heavy atom. The standard InChI is InChI=1S/C9H18O2/c1-9(7-10-2)6-4-5-8(9)11-3/h8H,4-7H2,1-3H3. The molecule has 0 aromatic carbocycles. The van der Waals surface area contributed by atoms with Gasteiger partial charge in [0.1, 0.15) is 0 Å². The van der Waals surface area contributed by atoms with E-state index >= 15 is 0 Å². The Bertz CT molecular complexity index is 125. The Morgan fingerprint density at radius 3 is 2.73 bits per heavy atom. The highest BCUT2D eigenvalue weighted by Crippen LogP contribution is 2.39. The van der Waals surface area contributed by atoms with Gasteiger partial charge in [-0.2, -0.15) is 0 Å². The van der Waals surface area contributed by atoms with Gasteiger partial charge in [0, 0.05) is 19.6 Å². The van der Waals surface area contributed by atoms with Crippen molar-refractivity contribution in [3.05, 3.63) is 0 Å². The van der Waals surface area contributed by atoms with Crippen LogP contribution in [0, 0.1) is 5.41 Å². The fraction of sp³-hybridized carbons (Fsp3) is 1.00. The van der Waals surface area contributed by atoms with Gasteiger partial charge in [0.2, 0.25) is 0 Å². The Balaban J connectivity index is 2.51. The predicted octanol–water partition coefficient (Wildman–Crippen LogP) is 1.84. The summed E-state index contributed by atoms with van der Waals surface area (Å²) in [5.41, 5.74) is 0.267. The van der Waals surface area contributed by atoms with E-state index in [1.54, 1.807) is 14.2 Å². The summed E-state index contributed by atoms with van der Waals surface area (Å²) in [6.45, 7) is 3.07. The minimum Gasteiger partial charge on any atom is -0.384 e. The van der Waals surface area contributed by atoms with Crippen LogP contribution in [0.1, 0.15) is 26.2 Å².